The van der Waals surface area contributed by atoms with Gasteiger partial charge in [-0.15, -0.1) is 0 Å². The van der Waals surface area contributed by atoms with Crippen LogP contribution in [-0.2, 0) is 9.53 Å². The van der Waals surface area contributed by atoms with Gasteiger partial charge in [-0.2, -0.15) is 4.98 Å². The number of anilines is 2. The maximum absolute atomic E-state index is 11.3. The standard InChI is InChI=1S/C25H35N5O3/c1-17-13-26-25(29(4)14-20-10-12-32-16-20)28-24(17)30-11-9-23(15-30)33-22-7-5-21(6-8-22)18(2)27-19(3)31/h5-8,13,18,20,23H,9-12,14-16H2,1-4H3,(H,27,31)/t18-,20?,23+/m0/s1. The molecule has 1 N–H and O–H groups in total. The number of aryl methyl sites for hydroxylation is 1. The average molecular weight is 454 g/mol. The van der Waals surface area contributed by atoms with E-state index in [2.05, 4.69) is 34.1 Å². The van der Waals surface area contributed by atoms with Crippen molar-refractivity contribution in [1.82, 2.24) is 15.3 Å². The van der Waals surface area contributed by atoms with Crippen LogP contribution >= 0.6 is 0 Å². The number of rotatable bonds is 8. The third-order valence-corrected chi connectivity index (χ3v) is 6.38. The fourth-order valence-electron chi connectivity index (χ4n) is 4.56. The number of hydrogen-bond donors (Lipinski definition) is 1. The van der Waals surface area contributed by atoms with E-state index in [0.29, 0.717) is 5.92 Å². The first kappa shape index (κ1) is 23.3. The molecule has 3 atom stereocenters. The summed E-state index contributed by atoms with van der Waals surface area (Å²) in [7, 11) is 2.05. The molecule has 0 radical (unpaired) electrons. The van der Waals surface area contributed by atoms with Crippen molar-refractivity contribution in [3.8, 4) is 5.75 Å². The lowest BCUT2D eigenvalue weighted by Crippen LogP contribution is -2.29. The van der Waals surface area contributed by atoms with Crippen molar-refractivity contribution in [1.29, 1.82) is 0 Å². The molecule has 1 aromatic heterocycles. The Morgan fingerprint density at radius 2 is 2.12 bits per heavy atom. The third-order valence-electron chi connectivity index (χ3n) is 6.38. The van der Waals surface area contributed by atoms with Crippen LogP contribution in [0.25, 0.3) is 0 Å². The van der Waals surface area contributed by atoms with Crippen molar-refractivity contribution in [3.63, 3.8) is 0 Å². The van der Waals surface area contributed by atoms with Crippen LogP contribution in [0.1, 0.15) is 43.9 Å². The fraction of sp³-hybridized carbons (Fsp3) is 0.560. The van der Waals surface area contributed by atoms with E-state index >= 15 is 0 Å². The molecule has 2 saturated heterocycles. The molecule has 33 heavy (non-hydrogen) atoms. The second kappa shape index (κ2) is 10.4. The molecule has 1 amide bonds. The second-order valence-electron chi connectivity index (χ2n) is 9.25. The van der Waals surface area contributed by atoms with Crippen LogP contribution in [0.3, 0.4) is 0 Å². The van der Waals surface area contributed by atoms with E-state index < -0.39 is 0 Å². The zero-order valence-electron chi connectivity index (χ0n) is 20.1. The van der Waals surface area contributed by atoms with Crippen molar-refractivity contribution in [2.75, 3.05) is 49.7 Å². The molecule has 8 nitrogen and oxygen atoms in total. The monoisotopic (exact) mass is 453 g/mol. The van der Waals surface area contributed by atoms with Gasteiger partial charge in [-0.1, -0.05) is 12.1 Å². The lowest BCUT2D eigenvalue weighted by atomic mass is 10.1. The van der Waals surface area contributed by atoms with E-state index in [1.54, 1.807) is 0 Å². The molecule has 0 bridgehead atoms. The van der Waals surface area contributed by atoms with Crippen LogP contribution < -0.4 is 19.9 Å². The van der Waals surface area contributed by atoms with Gasteiger partial charge in [0.2, 0.25) is 11.9 Å². The van der Waals surface area contributed by atoms with E-state index in [-0.39, 0.29) is 18.1 Å². The summed E-state index contributed by atoms with van der Waals surface area (Å²) < 4.78 is 11.8. The van der Waals surface area contributed by atoms with Crippen molar-refractivity contribution in [3.05, 3.63) is 41.6 Å². The highest BCUT2D eigenvalue weighted by Gasteiger charge is 2.27. The quantitative estimate of drug-likeness (QED) is 0.658. The first-order valence-electron chi connectivity index (χ1n) is 11.8. The van der Waals surface area contributed by atoms with Gasteiger partial charge < -0.3 is 24.6 Å². The van der Waals surface area contributed by atoms with Gasteiger partial charge in [0.1, 0.15) is 17.7 Å². The molecule has 1 unspecified atom stereocenters. The van der Waals surface area contributed by atoms with Crippen LogP contribution in [0.4, 0.5) is 11.8 Å². The van der Waals surface area contributed by atoms with Crippen LogP contribution in [0.15, 0.2) is 30.5 Å². The summed E-state index contributed by atoms with van der Waals surface area (Å²) in [6, 6.07) is 7.95. The van der Waals surface area contributed by atoms with Crippen LogP contribution in [0.2, 0.25) is 0 Å². The Bertz CT molecular complexity index is 946. The molecule has 2 fully saturated rings. The van der Waals surface area contributed by atoms with Gasteiger partial charge >= 0.3 is 0 Å². The number of aromatic nitrogens is 2. The first-order valence-corrected chi connectivity index (χ1v) is 11.8. The smallest absolute Gasteiger partial charge is 0.227 e. The summed E-state index contributed by atoms with van der Waals surface area (Å²) >= 11 is 0. The minimum atomic E-state index is -0.0317. The minimum Gasteiger partial charge on any atom is -0.489 e. The Hall–Kier alpha value is -2.87. The predicted molar refractivity (Wildman–Crippen MR) is 129 cm³/mol. The zero-order chi connectivity index (χ0) is 23.4. The number of carbonyl (C=O) groups excluding carboxylic acids is 1. The molecule has 1 aromatic carbocycles. The molecule has 2 aliphatic rings. The summed E-state index contributed by atoms with van der Waals surface area (Å²) in [6.45, 7) is 9.85. The van der Waals surface area contributed by atoms with Gasteiger partial charge in [0.05, 0.1) is 19.2 Å². The Labute approximate surface area is 196 Å². The van der Waals surface area contributed by atoms with Crippen molar-refractivity contribution in [2.45, 2.75) is 45.8 Å². The summed E-state index contributed by atoms with van der Waals surface area (Å²) in [4.78, 5) is 25.2. The van der Waals surface area contributed by atoms with Gasteiger partial charge in [0.15, 0.2) is 0 Å². The number of ether oxygens (including phenoxy) is 2. The molecular formula is C25H35N5O3. The molecule has 0 aliphatic carbocycles. The first-order chi connectivity index (χ1) is 15.9. The lowest BCUT2D eigenvalue weighted by molar-refractivity contribution is -0.119. The van der Waals surface area contributed by atoms with E-state index in [4.69, 9.17) is 14.5 Å². The van der Waals surface area contributed by atoms with Crippen molar-refractivity contribution >= 4 is 17.7 Å². The number of hydrogen-bond acceptors (Lipinski definition) is 7. The third kappa shape index (κ3) is 5.93. The number of amides is 1. The van der Waals surface area contributed by atoms with Crippen LogP contribution in [0, 0.1) is 12.8 Å². The van der Waals surface area contributed by atoms with Crippen LogP contribution in [0.5, 0.6) is 5.75 Å². The Morgan fingerprint density at radius 3 is 2.82 bits per heavy atom. The Morgan fingerprint density at radius 1 is 1.33 bits per heavy atom. The van der Waals surface area contributed by atoms with Gasteiger partial charge in [0.25, 0.3) is 0 Å². The largest absolute Gasteiger partial charge is 0.489 e. The van der Waals surface area contributed by atoms with E-state index in [0.717, 1.165) is 74.3 Å². The SMILES string of the molecule is CC(=O)N[C@@H](C)c1ccc(O[C@@H]2CCN(c3nc(N(C)CC4CCOC4)ncc3C)C2)cc1. The summed E-state index contributed by atoms with van der Waals surface area (Å²) in [6.07, 6.45) is 4.07. The number of nitrogens with zero attached hydrogens (tertiary/aromatic N) is 4. The molecular weight excluding hydrogens is 418 g/mol. The molecule has 2 aromatic rings. The number of benzene rings is 1. The maximum Gasteiger partial charge on any atom is 0.227 e. The van der Waals surface area contributed by atoms with Crippen LogP contribution in [-0.4, -0.2) is 61.9 Å². The molecule has 178 valence electrons. The molecule has 3 heterocycles. The Balaban J connectivity index is 1.36. The van der Waals surface area contributed by atoms with E-state index in [9.17, 15) is 4.79 Å². The van der Waals surface area contributed by atoms with E-state index in [1.807, 2.05) is 37.4 Å². The second-order valence-corrected chi connectivity index (χ2v) is 9.25. The molecule has 2 aliphatic heterocycles. The summed E-state index contributed by atoms with van der Waals surface area (Å²) in [5.41, 5.74) is 2.14. The van der Waals surface area contributed by atoms with Crippen molar-refractivity contribution in [2.24, 2.45) is 5.92 Å². The highest BCUT2D eigenvalue weighted by Crippen LogP contribution is 2.27. The minimum absolute atomic E-state index is 0.0206. The summed E-state index contributed by atoms with van der Waals surface area (Å²) in [5, 5.41) is 2.91. The lowest BCUT2D eigenvalue weighted by Gasteiger charge is -2.24. The molecule has 0 spiro atoms. The van der Waals surface area contributed by atoms with Gasteiger partial charge in [-0.3, -0.25) is 4.79 Å². The van der Waals surface area contributed by atoms with Gasteiger partial charge in [-0.05, 0) is 38.0 Å². The molecule has 4 rings (SSSR count). The topological polar surface area (TPSA) is 79.8 Å². The molecule has 8 heteroatoms. The molecule has 0 saturated carbocycles. The fourth-order valence-corrected chi connectivity index (χ4v) is 4.56. The Kier molecular flexibility index (Phi) is 7.33. The summed E-state index contributed by atoms with van der Waals surface area (Å²) in [5.74, 6) is 3.10. The number of carbonyl (C=O) groups is 1. The predicted octanol–water partition coefficient (Wildman–Crippen LogP) is 3.11. The highest BCUT2D eigenvalue weighted by atomic mass is 16.5. The zero-order valence-corrected chi connectivity index (χ0v) is 20.1. The average Bonchev–Trinajstić information content (AvgIpc) is 3.46. The highest BCUT2D eigenvalue weighted by molar-refractivity contribution is 5.73. The number of nitrogens with one attached hydrogen (secondary N) is 1. The van der Waals surface area contributed by atoms with Gasteiger partial charge in [0, 0.05) is 57.8 Å². The normalized spacial score (nSPS) is 21.2. The van der Waals surface area contributed by atoms with E-state index in [1.165, 1.54) is 6.92 Å². The maximum atomic E-state index is 11.3. The van der Waals surface area contributed by atoms with Gasteiger partial charge in [-0.25, -0.2) is 4.98 Å². The van der Waals surface area contributed by atoms with Crippen molar-refractivity contribution < 1.29 is 14.3 Å².